The maximum Gasteiger partial charge on any atom is 0.226 e. The third kappa shape index (κ3) is 5.99. The van der Waals surface area contributed by atoms with Gasteiger partial charge in [-0.15, -0.1) is 0 Å². The van der Waals surface area contributed by atoms with Crippen molar-refractivity contribution < 1.29 is 4.79 Å². The van der Waals surface area contributed by atoms with Gasteiger partial charge in [0.05, 0.1) is 0 Å². The monoisotopic (exact) mass is 402 g/mol. The lowest BCUT2D eigenvalue weighted by molar-refractivity contribution is -0.144. The van der Waals surface area contributed by atoms with Crippen molar-refractivity contribution in [1.82, 2.24) is 10.2 Å². The molecule has 166 valence electrons. The molecule has 29 heavy (non-hydrogen) atoms. The molecule has 0 saturated heterocycles. The van der Waals surface area contributed by atoms with Gasteiger partial charge in [-0.2, -0.15) is 0 Å². The van der Waals surface area contributed by atoms with Gasteiger partial charge in [0.15, 0.2) is 0 Å². The summed E-state index contributed by atoms with van der Waals surface area (Å²) < 4.78 is 0. The highest BCUT2D eigenvalue weighted by Crippen LogP contribution is 2.36. The molecule has 3 nitrogen and oxygen atoms in total. The second-order valence-electron chi connectivity index (χ2n) is 10.8. The Morgan fingerprint density at radius 1 is 0.655 bits per heavy atom. The molecule has 0 aromatic heterocycles. The van der Waals surface area contributed by atoms with Crippen LogP contribution in [0.25, 0.3) is 0 Å². The van der Waals surface area contributed by atoms with E-state index in [0.717, 1.165) is 31.3 Å². The van der Waals surface area contributed by atoms with Crippen molar-refractivity contribution in [2.75, 3.05) is 6.54 Å². The second kappa shape index (κ2) is 11.2. The fourth-order valence-corrected chi connectivity index (χ4v) is 6.93. The van der Waals surface area contributed by atoms with E-state index in [1.165, 1.54) is 109 Å². The Morgan fingerprint density at radius 3 is 1.79 bits per heavy atom. The molecule has 0 aromatic rings. The predicted octanol–water partition coefficient (Wildman–Crippen LogP) is 6.21. The Balaban J connectivity index is 1.35. The molecule has 4 fully saturated rings. The highest BCUT2D eigenvalue weighted by Gasteiger charge is 2.37. The second-order valence-corrected chi connectivity index (χ2v) is 10.8. The van der Waals surface area contributed by atoms with E-state index in [9.17, 15) is 4.79 Å². The molecule has 0 aliphatic heterocycles. The molecular weight excluding hydrogens is 356 g/mol. The molecule has 0 bridgehead atoms. The van der Waals surface area contributed by atoms with Gasteiger partial charge in [0, 0.05) is 24.0 Å². The van der Waals surface area contributed by atoms with Crippen LogP contribution < -0.4 is 5.32 Å². The van der Waals surface area contributed by atoms with Gasteiger partial charge in [-0.1, -0.05) is 64.2 Å². The van der Waals surface area contributed by atoms with Crippen LogP contribution in [-0.4, -0.2) is 35.5 Å². The lowest BCUT2D eigenvalue weighted by atomic mass is 9.79. The standard InChI is InChI=1S/C26H46N2O/c29-26(28(24-15-6-2-7-16-24)25-17-8-3-9-18-25)22-12-10-11-21(19-22)20-27-23-13-4-1-5-14-23/h21-25,27H,1-20H2. The van der Waals surface area contributed by atoms with E-state index in [1.54, 1.807) is 0 Å². The number of nitrogens with one attached hydrogen (secondary N) is 1. The number of hydrogen-bond donors (Lipinski definition) is 1. The van der Waals surface area contributed by atoms with Crippen molar-refractivity contribution in [2.45, 2.75) is 140 Å². The quantitative estimate of drug-likeness (QED) is 0.573. The van der Waals surface area contributed by atoms with E-state index >= 15 is 0 Å². The highest BCUT2D eigenvalue weighted by atomic mass is 16.2. The Bertz CT molecular complexity index is 471. The average Bonchev–Trinajstić information content (AvgIpc) is 2.80. The van der Waals surface area contributed by atoms with Gasteiger partial charge in [0.1, 0.15) is 0 Å². The molecule has 1 amide bonds. The van der Waals surface area contributed by atoms with Gasteiger partial charge in [0.25, 0.3) is 0 Å². The number of rotatable bonds is 6. The fraction of sp³-hybridized carbons (Fsp3) is 0.962. The van der Waals surface area contributed by atoms with Gasteiger partial charge < -0.3 is 10.2 Å². The SMILES string of the molecule is O=C(C1CCCC(CNC2CCCCC2)C1)N(C1CCCCC1)C1CCCCC1. The molecule has 0 heterocycles. The van der Waals surface area contributed by atoms with Crippen LogP contribution in [0, 0.1) is 11.8 Å². The zero-order valence-corrected chi connectivity index (χ0v) is 18.9. The van der Waals surface area contributed by atoms with E-state index in [0.29, 0.717) is 23.9 Å². The van der Waals surface area contributed by atoms with E-state index in [-0.39, 0.29) is 0 Å². The van der Waals surface area contributed by atoms with Crippen molar-refractivity contribution in [3.63, 3.8) is 0 Å². The first-order valence-corrected chi connectivity index (χ1v) is 13.4. The molecule has 0 radical (unpaired) electrons. The van der Waals surface area contributed by atoms with E-state index < -0.39 is 0 Å². The van der Waals surface area contributed by atoms with Crippen LogP contribution in [0.2, 0.25) is 0 Å². The number of hydrogen-bond acceptors (Lipinski definition) is 2. The van der Waals surface area contributed by atoms with Gasteiger partial charge in [-0.3, -0.25) is 4.79 Å². The van der Waals surface area contributed by atoms with Crippen molar-refractivity contribution >= 4 is 5.91 Å². The minimum atomic E-state index is 0.311. The Hall–Kier alpha value is -0.570. The third-order valence-electron chi connectivity index (χ3n) is 8.62. The van der Waals surface area contributed by atoms with Gasteiger partial charge >= 0.3 is 0 Å². The minimum Gasteiger partial charge on any atom is -0.336 e. The van der Waals surface area contributed by atoms with Crippen molar-refractivity contribution in [3.05, 3.63) is 0 Å². The molecule has 4 rings (SSSR count). The molecule has 4 aliphatic rings. The first kappa shape index (κ1) is 21.7. The van der Waals surface area contributed by atoms with Crippen LogP contribution in [0.5, 0.6) is 0 Å². The summed E-state index contributed by atoms with van der Waals surface area (Å²) in [7, 11) is 0. The van der Waals surface area contributed by atoms with Crippen molar-refractivity contribution in [1.29, 1.82) is 0 Å². The molecule has 2 atom stereocenters. The number of carbonyl (C=O) groups excluding carboxylic acids is 1. The van der Waals surface area contributed by atoms with Crippen LogP contribution >= 0.6 is 0 Å². The van der Waals surface area contributed by atoms with Gasteiger partial charge in [-0.25, -0.2) is 0 Å². The first-order chi connectivity index (χ1) is 14.3. The third-order valence-corrected chi connectivity index (χ3v) is 8.62. The topological polar surface area (TPSA) is 32.3 Å². The number of amides is 1. The summed E-state index contributed by atoms with van der Waals surface area (Å²) in [5, 5.41) is 3.88. The Labute approximate surface area is 179 Å². The van der Waals surface area contributed by atoms with E-state index in [4.69, 9.17) is 0 Å². The lowest BCUT2D eigenvalue weighted by Crippen LogP contribution is -2.51. The van der Waals surface area contributed by atoms with Crippen LogP contribution in [0.4, 0.5) is 0 Å². The predicted molar refractivity (Wildman–Crippen MR) is 121 cm³/mol. The maximum atomic E-state index is 13.9. The zero-order chi connectivity index (χ0) is 19.9. The summed E-state index contributed by atoms with van der Waals surface area (Å²) in [6.07, 6.45) is 25.0. The molecule has 4 aliphatic carbocycles. The van der Waals surface area contributed by atoms with E-state index in [2.05, 4.69) is 10.2 Å². The molecule has 1 N–H and O–H groups in total. The molecule has 2 unspecified atom stereocenters. The number of nitrogens with zero attached hydrogens (tertiary/aromatic N) is 1. The summed E-state index contributed by atoms with van der Waals surface area (Å²) in [5.74, 6) is 1.59. The summed E-state index contributed by atoms with van der Waals surface area (Å²) in [4.78, 5) is 16.3. The molecule has 4 saturated carbocycles. The maximum absolute atomic E-state index is 13.9. The fourth-order valence-electron chi connectivity index (χ4n) is 6.93. The van der Waals surface area contributed by atoms with E-state index in [1.807, 2.05) is 0 Å². The largest absolute Gasteiger partial charge is 0.336 e. The molecule has 3 heteroatoms. The smallest absolute Gasteiger partial charge is 0.226 e. The summed E-state index contributed by atoms with van der Waals surface area (Å²) in [5.41, 5.74) is 0. The van der Waals surface area contributed by atoms with Crippen molar-refractivity contribution in [3.8, 4) is 0 Å². The lowest BCUT2D eigenvalue weighted by Gasteiger charge is -2.44. The summed E-state index contributed by atoms with van der Waals surface area (Å²) >= 11 is 0. The average molecular weight is 403 g/mol. The molecular formula is C26H46N2O. The normalized spacial score (nSPS) is 30.9. The van der Waals surface area contributed by atoms with Crippen LogP contribution in [0.1, 0.15) is 122 Å². The Kier molecular flexibility index (Phi) is 8.34. The summed E-state index contributed by atoms with van der Waals surface area (Å²) in [6.45, 7) is 1.15. The number of carbonyl (C=O) groups is 1. The van der Waals surface area contributed by atoms with Gasteiger partial charge in [-0.05, 0) is 70.3 Å². The van der Waals surface area contributed by atoms with Gasteiger partial charge in [0.2, 0.25) is 5.91 Å². The van der Waals surface area contributed by atoms with Crippen LogP contribution in [0.15, 0.2) is 0 Å². The molecule has 0 spiro atoms. The zero-order valence-electron chi connectivity index (χ0n) is 18.9. The Morgan fingerprint density at radius 2 is 1.21 bits per heavy atom. The first-order valence-electron chi connectivity index (χ1n) is 13.4. The minimum absolute atomic E-state index is 0.311. The van der Waals surface area contributed by atoms with Crippen LogP contribution in [-0.2, 0) is 4.79 Å². The van der Waals surface area contributed by atoms with Crippen molar-refractivity contribution in [2.24, 2.45) is 11.8 Å². The molecule has 0 aromatic carbocycles. The highest BCUT2D eigenvalue weighted by molar-refractivity contribution is 5.79. The summed E-state index contributed by atoms with van der Waals surface area (Å²) in [6, 6.07) is 1.86. The van der Waals surface area contributed by atoms with Crippen LogP contribution in [0.3, 0.4) is 0 Å².